The lowest BCUT2D eigenvalue weighted by atomic mass is 10.1. The van der Waals surface area contributed by atoms with Crippen molar-refractivity contribution in [3.05, 3.63) is 71.0 Å². The first-order chi connectivity index (χ1) is 14.1. The molecule has 150 valence electrons. The number of amides is 1. The maximum atomic E-state index is 13.3. The number of rotatable bonds is 5. The lowest BCUT2D eigenvalue weighted by Crippen LogP contribution is -2.31. The fourth-order valence-corrected chi connectivity index (χ4v) is 3.63. The number of hydrogen-bond donors (Lipinski definition) is 0. The van der Waals surface area contributed by atoms with Gasteiger partial charge in [0.1, 0.15) is 13.2 Å². The Balaban J connectivity index is 1.62. The Labute approximate surface area is 170 Å². The third kappa shape index (κ3) is 3.58. The SMILES string of the molecule is CCN(Cc1cccc2c1OCCO2)C(=O)c1cnn(-c2ccccc2C)c1C. The van der Waals surface area contributed by atoms with Crippen molar-refractivity contribution in [3.8, 4) is 17.2 Å². The molecule has 6 nitrogen and oxygen atoms in total. The molecule has 0 radical (unpaired) electrons. The molecule has 0 aliphatic carbocycles. The highest BCUT2D eigenvalue weighted by Crippen LogP contribution is 2.34. The summed E-state index contributed by atoms with van der Waals surface area (Å²) in [4.78, 5) is 15.1. The topological polar surface area (TPSA) is 56.6 Å². The normalized spacial score (nSPS) is 12.7. The van der Waals surface area contributed by atoms with Crippen LogP contribution in [0.3, 0.4) is 0 Å². The van der Waals surface area contributed by atoms with Crippen molar-refractivity contribution in [2.24, 2.45) is 0 Å². The molecule has 1 amide bonds. The van der Waals surface area contributed by atoms with Gasteiger partial charge < -0.3 is 14.4 Å². The van der Waals surface area contributed by atoms with Crippen molar-refractivity contribution in [2.45, 2.75) is 27.3 Å². The third-order valence-corrected chi connectivity index (χ3v) is 5.26. The Morgan fingerprint density at radius 1 is 1.10 bits per heavy atom. The van der Waals surface area contributed by atoms with Gasteiger partial charge in [0.2, 0.25) is 0 Å². The van der Waals surface area contributed by atoms with Gasteiger partial charge in [-0.25, -0.2) is 4.68 Å². The van der Waals surface area contributed by atoms with Gasteiger partial charge >= 0.3 is 0 Å². The Morgan fingerprint density at radius 3 is 2.69 bits per heavy atom. The number of ether oxygens (including phenoxy) is 2. The molecule has 4 rings (SSSR count). The van der Waals surface area contributed by atoms with Gasteiger partial charge in [-0.3, -0.25) is 4.79 Å². The number of aryl methyl sites for hydroxylation is 1. The molecule has 3 aromatic rings. The molecule has 0 bridgehead atoms. The van der Waals surface area contributed by atoms with E-state index in [0.29, 0.717) is 31.9 Å². The Bertz CT molecular complexity index is 1040. The van der Waals surface area contributed by atoms with Crippen molar-refractivity contribution in [1.29, 1.82) is 0 Å². The van der Waals surface area contributed by atoms with Gasteiger partial charge in [0, 0.05) is 18.7 Å². The number of para-hydroxylation sites is 2. The highest BCUT2D eigenvalue weighted by Gasteiger charge is 2.23. The molecule has 0 saturated heterocycles. The maximum absolute atomic E-state index is 13.3. The van der Waals surface area contributed by atoms with E-state index in [1.807, 2.05) is 67.9 Å². The number of fused-ring (bicyclic) bond motifs is 1. The minimum absolute atomic E-state index is 0.0424. The average Bonchev–Trinajstić information content (AvgIpc) is 3.13. The van der Waals surface area contributed by atoms with E-state index in [4.69, 9.17) is 9.47 Å². The van der Waals surface area contributed by atoms with Crippen molar-refractivity contribution in [3.63, 3.8) is 0 Å². The van der Waals surface area contributed by atoms with E-state index in [2.05, 4.69) is 5.10 Å². The first-order valence-corrected chi connectivity index (χ1v) is 9.87. The summed E-state index contributed by atoms with van der Waals surface area (Å²) in [5, 5.41) is 4.49. The molecule has 0 spiro atoms. The predicted molar refractivity (Wildman–Crippen MR) is 111 cm³/mol. The lowest BCUT2D eigenvalue weighted by Gasteiger charge is -2.25. The number of nitrogens with zero attached hydrogens (tertiary/aromatic N) is 3. The summed E-state index contributed by atoms with van der Waals surface area (Å²) < 4.78 is 13.3. The van der Waals surface area contributed by atoms with Crippen molar-refractivity contribution >= 4 is 5.91 Å². The zero-order chi connectivity index (χ0) is 20.4. The van der Waals surface area contributed by atoms with E-state index >= 15 is 0 Å². The molecule has 2 heterocycles. The summed E-state index contributed by atoms with van der Waals surface area (Å²) in [7, 11) is 0. The Morgan fingerprint density at radius 2 is 1.90 bits per heavy atom. The molecular formula is C23H25N3O3. The molecule has 2 aromatic carbocycles. The molecular weight excluding hydrogens is 366 g/mol. The standard InChI is InChI=1S/C23H25N3O3/c1-4-25(15-18-9-7-11-21-22(18)29-13-12-28-21)23(27)19-14-24-26(17(19)3)20-10-6-5-8-16(20)2/h5-11,14H,4,12-13,15H2,1-3H3. The predicted octanol–water partition coefficient (Wildman–Crippen LogP) is 3.92. The van der Waals surface area contributed by atoms with Gasteiger partial charge in [-0.15, -0.1) is 0 Å². The number of hydrogen-bond acceptors (Lipinski definition) is 4. The van der Waals surface area contributed by atoms with Gasteiger partial charge in [-0.1, -0.05) is 30.3 Å². The summed E-state index contributed by atoms with van der Waals surface area (Å²) in [5.41, 5.74) is 4.48. The van der Waals surface area contributed by atoms with Gasteiger partial charge in [-0.2, -0.15) is 5.10 Å². The van der Waals surface area contributed by atoms with Gasteiger partial charge in [-0.05, 0) is 38.5 Å². The average molecular weight is 391 g/mol. The van der Waals surface area contributed by atoms with E-state index in [1.54, 1.807) is 11.1 Å². The van der Waals surface area contributed by atoms with E-state index in [9.17, 15) is 4.79 Å². The van der Waals surface area contributed by atoms with Crippen LogP contribution in [-0.2, 0) is 6.54 Å². The van der Waals surface area contributed by atoms with E-state index in [1.165, 1.54) is 0 Å². The largest absolute Gasteiger partial charge is 0.486 e. The van der Waals surface area contributed by atoms with E-state index in [-0.39, 0.29) is 5.91 Å². The molecule has 29 heavy (non-hydrogen) atoms. The van der Waals surface area contributed by atoms with Crippen LogP contribution in [0.25, 0.3) is 5.69 Å². The summed E-state index contributed by atoms with van der Waals surface area (Å²) in [6.45, 7) is 8.05. The van der Waals surface area contributed by atoms with Crippen LogP contribution in [-0.4, -0.2) is 40.3 Å². The highest BCUT2D eigenvalue weighted by molar-refractivity contribution is 5.95. The monoisotopic (exact) mass is 391 g/mol. The lowest BCUT2D eigenvalue weighted by molar-refractivity contribution is 0.0748. The van der Waals surface area contributed by atoms with Crippen molar-refractivity contribution in [2.75, 3.05) is 19.8 Å². The van der Waals surface area contributed by atoms with Crippen LogP contribution in [0.2, 0.25) is 0 Å². The van der Waals surface area contributed by atoms with Gasteiger partial charge in [0.05, 0.1) is 23.1 Å². The van der Waals surface area contributed by atoms with Gasteiger partial charge in [0.15, 0.2) is 11.5 Å². The second-order valence-corrected chi connectivity index (χ2v) is 7.10. The fourth-order valence-electron chi connectivity index (χ4n) is 3.63. The zero-order valence-electron chi connectivity index (χ0n) is 17.0. The first-order valence-electron chi connectivity index (χ1n) is 9.87. The Hall–Kier alpha value is -3.28. The molecule has 0 atom stereocenters. The summed E-state index contributed by atoms with van der Waals surface area (Å²) in [6.07, 6.45) is 1.66. The van der Waals surface area contributed by atoms with Crippen molar-refractivity contribution in [1.82, 2.24) is 14.7 Å². The van der Waals surface area contributed by atoms with Crippen molar-refractivity contribution < 1.29 is 14.3 Å². The van der Waals surface area contributed by atoms with Crippen LogP contribution in [0.5, 0.6) is 11.5 Å². The minimum atomic E-state index is -0.0424. The second-order valence-electron chi connectivity index (χ2n) is 7.10. The number of benzene rings is 2. The van der Waals surface area contributed by atoms with E-state index in [0.717, 1.165) is 34.0 Å². The molecule has 1 aliphatic heterocycles. The smallest absolute Gasteiger partial charge is 0.257 e. The van der Waals surface area contributed by atoms with Gasteiger partial charge in [0.25, 0.3) is 5.91 Å². The Kier molecular flexibility index (Phi) is 5.25. The van der Waals surface area contributed by atoms with Crippen LogP contribution in [0.15, 0.2) is 48.7 Å². The zero-order valence-corrected chi connectivity index (χ0v) is 17.0. The quantitative estimate of drug-likeness (QED) is 0.661. The minimum Gasteiger partial charge on any atom is -0.486 e. The molecule has 1 aromatic heterocycles. The highest BCUT2D eigenvalue weighted by atomic mass is 16.6. The van der Waals surface area contributed by atoms with Crippen LogP contribution in [0.1, 0.15) is 34.1 Å². The third-order valence-electron chi connectivity index (χ3n) is 5.26. The molecule has 0 fully saturated rings. The van der Waals surface area contributed by atoms with Crippen LogP contribution >= 0.6 is 0 Å². The first kappa shape index (κ1) is 19.1. The molecule has 0 N–H and O–H groups in total. The second kappa shape index (κ2) is 7.99. The number of aromatic nitrogens is 2. The molecule has 0 unspecified atom stereocenters. The molecule has 6 heteroatoms. The molecule has 1 aliphatic rings. The maximum Gasteiger partial charge on any atom is 0.257 e. The number of carbonyl (C=O) groups is 1. The summed E-state index contributed by atoms with van der Waals surface area (Å²) in [6, 6.07) is 13.8. The molecule has 0 saturated carbocycles. The summed E-state index contributed by atoms with van der Waals surface area (Å²) in [5.74, 6) is 1.43. The number of carbonyl (C=O) groups excluding carboxylic acids is 1. The van der Waals surface area contributed by atoms with Crippen LogP contribution in [0, 0.1) is 13.8 Å². The van der Waals surface area contributed by atoms with E-state index < -0.39 is 0 Å². The fraction of sp³-hybridized carbons (Fsp3) is 0.304. The van der Waals surface area contributed by atoms with Crippen LogP contribution < -0.4 is 9.47 Å². The summed E-state index contributed by atoms with van der Waals surface area (Å²) >= 11 is 0. The van der Waals surface area contributed by atoms with Crippen LogP contribution in [0.4, 0.5) is 0 Å².